The van der Waals surface area contributed by atoms with E-state index in [1.807, 2.05) is 0 Å². The first-order valence-corrected chi connectivity index (χ1v) is 19.3. The minimum Gasteiger partial charge on any atom is -0.744 e. The number of carbonyl (C=O) groups excluding carboxylic acids is 4. The number of hydrogen-bond acceptors (Lipinski definition) is 14. The van der Waals surface area contributed by atoms with Crippen LogP contribution < -0.4 is 81.2 Å². The van der Waals surface area contributed by atoms with Gasteiger partial charge in [-0.1, -0.05) is 72.8 Å². The summed E-state index contributed by atoms with van der Waals surface area (Å²) < 4.78 is 73.1. The molecular formula is C40H24N4Na2O10S2. The molecule has 14 nitrogen and oxygen atoms in total. The van der Waals surface area contributed by atoms with E-state index in [0.717, 1.165) is 12.1 Å². The molecule has 6 aromatic rings. The van der Waals surface area contributed by atoms with Crippen molar-refractivity contribution in [3.63, 3.8) is 0 Å². The van der Waals surface area contributed by atoms with Crippen molar-refractivity contribution in [2.45, 2.75) is 9.79 Å². The zero-order valence-electron chi connectivity index (χ0n) is 30.4. The number of benzene rings is 6. The summed E-state index contributed by atoms with van der Waals surface area (Å²) in [4.78, 5) is 52.5. The van der Waals surface area contributed by atoms with Gasteiger partial charge in [0, 0.05) is 33.6 Å². The Morgan fingerprint density at radius 1 is 0.431 bits per heavy atom. The number of anilines is 6. The Kier molecular flexibility index (Phi) is 11.5. The van der Waals surface area contributed by atoms with E-state index in [1.54, 1.807) is 72.8 Å². The molecule has 0 amide bonds. The summed E-state index contributed by atoms with van der Waals surface area (Å²) >= 11 is 0. The van der Waals surface area contributed by atoms with Crippen LogP contribution in [0.5, 0.6) is 0 Å². The van der Waals surface area contributed by atoms with Gasteiger partial charge >= 0.3 is 59.1 Å². The molecule has 58 heavy (non-hydrogen) atoms. The van der Waals surface area contributed by atoms with Crippen LogP contribution in [0.4, 0.5) is 34.1 Å². The Morgan fingerprint density at radius 3 is 0.983 bits per heavy atom. The van der Waals surface area contributed by atoms with E-state index in [9.17, 15) is 45.1 Å². The Bertz CT molecular complexity index is 2810. The van der Waals surface area contributed by atoms with Gasteiger partial charge in [0.05, 0.1) is 54.8 Å². The second-order valence-electron chi connectivity index (χ2n) is 12.9. The Balaban J connectivity index is 0.00000283. The molecule has 0 spiro atoms. The molecule has 0 fully saturated rings. The van der Waals surface area contributed by atoms with Gasteiger partial charge in [0.2, 0.25) is 0 Å². The predicted molar refractivity (Wildman–Crippen MR) is 203 cm³/mol. The summed E-state index contributed by atoms with van der Waals surface area (Å²) in [5.41, 5.74) is 11.8. The van der Waals surface area contributed by atoms with Crippen LogP contribution in [-0.2, 0) is 20.2 Å². The summed E-state index contributed by atoms with van der Waals surface area (Å²) in [5, 5.41) is 5.92. The number of hydrogen-bond donors (Lipinski definition) is 4. The number of carbonyl (C=O) groups is 4. The van der Waals surface area contributed by atoms with E-state index in [2.05, 4.69) is 10.6 Å². The standard InChI is InChI=1S/C40H26N4O10S2.2Na/c41-35-29(55(49,50)51)17-27(31-33(35)39(47)25-7-3-1-5-23(25)37(31)45)43-21-13-9-19(10-14-21)20-11-15-22(16-12-20)44-28-18-30(56(52,53)54)36(42)34-32(28)38(46)24-6-2-4-8-26(24)40(34)48;;/h1-18,43-44H,41-42H2,(H,49,50,51)(H,52,53,54);;/q;2*+1/p-2. The molecule has 0 radical (unpaired) electrons. The van der Waals surface area contributed by atoms with Crippen molar-refractivity contribution in [1.82, 2.24) is 0 Å². The Hall–Kier alpha value is -4.98. The third kappa shape index (κ3) is 7.21. The molecule has 0 unspecified atom stereocenters. The average Bonchev–Trinajstić information content (AvgIpc) is 3.16. The zero-order chi connectivity index (χ0) is 39.8. The topological polar surface area (TPSA) is 259 Å². The summed E-state index contributed by atoms with van der Waals surface area (Å²) in [7, 11) is -10.3. The third-order valence-electron chi connectivity index (χ3n) is 9.60. The molecule has 2 aliphatic rings. The number of nitrogens with two attached hydrogens (primary N) is 2. The molecular weight excluding hydrogens is 807 g/mol. The predicted octanol–water partition coefficient (Wildman–Crippen LogP) is -0.628. The first-order chi connectivity index (χ1) is 26.5. The maximum Gasteiger partial charge on any atom is 1.00 e. The minimum atomic E-state index is -5.16. The summed E-state index contributed by atoms with van der Waals surface area (Å²) in [6.45, 7) is 0. The summed E-state index contributed by atoms with van der Waals surface area (Å²) in [6, 6.07) is 27.1. The van der Waals surface area contributed by atoms with E-state index < -0.39 is 64.5 Å². The van der Waals surface area contributed by atoms with Crippen LogP contribution >= 0.6 is 0 Å². The van der Waals surface area contributed by atoms with Crippen molar-refractivity contribution in [2.24, 2.45) is 0 Å². The van der Waals surface area contributed by atoms with Crippen molar-refractivity contribution in [2.75, 3.05) is 22.1 Å². The second-order valence-corrected chi connectivity index (χ2v) is 15.6. The van der Waals surface area contributed by atoms with Gasteiger partial charge in [-0.2, -0.15) is 0 Å². The van der Waals surface area contributed by atoms with Gasteiger partial charge in [-0.3, -0.25) is 19.2 Å². The molecule has 278 valence electrons. The SMILES string of the molecule is Nc1c(S(=O)(=O)[O-])cc(Nc2ccc(-c3ccc(Nc4cc(S(=O)(=O)[O-])c(N)c5c4C(=O)c4ccccc4C5=O)cc3)cc2)c2c1C(=O)c1ccccc1C2=O.[Na+].[Na+]. The molecule has 0 aromatic heterocycles. The minimum absolute atomic E-state index is 0. The normalized spacial score (nSPS) is 12.9. The van der Waals surface area contributed by atoms with Gasteiger partial charge in [-0.05, 0) is 47.5 Å². The molecule has 0 saturated carbocycles. The average molecular weight is 831 g/mol. The molecule has 0 bridgehead atoms. The van der Waals surface area contributed by atoms with Crippen LogP contribution in [0.15, 0.2) is 119 Å². The van der Waals surface area contributed by atoms with Gasteiger partial charge in [0.15, 0.2) is 23.1 Å². The smallest absolute Gasteiger partial charge is 0.744 e. The monoisotopic (exact) mass is 830 g/mol. The Morgan fingerprint density at radius 2 is 0.707 bits per heavy atom. The van der Waals surface area contributed by atoms with Crippen molar-refractivity contribution in [1.29, 1.82) is 0 Å². The fourth-order valence-corrected chi connectivity index (χ4v) is 8.27. The molecule has 0 atom stereocenters. The number of ketones is 4. The third-order valence-corrected chi connectivity index (χ3v) is 11.4. The van der Waals surface area contributed by atoms with E-state index in [1.165, 1.54) is 24.3 Å². The number of nitrogens with one attached hydrogen (secondary N) is 2. The largest absolute Gasteiger partial charge is 1.00 e. The first-order valence-electron chi connectivity index (χ1n) is 16.5. The Labute approximate surface area is 375 Å². The molecule has 0 heterocycles. The van der Waals surface area contributed by atoms with Gasteiger partial charge < -0.3 is 31.2 Å². The van der Waals surface area contributed by atoms with E-state index >= 15 is 0 Å². The molecule has 0 saturated heterocycles. The van der Waals surface area contributed by atoms with Gasteiger partial charge in [0.1, 0.15) is 20.2 Å². The zero-order valence-corrected chi connectivity index (χ0v) is 36.1. The van der Waals surface area contributed by atoms with Gasteiger partial charge in [0.25, 0.3) is 0 Å². The number of nitrogen functional groups attached to an aromatic ring is 2. The number of fused-ring (bicyclic) bond motifs is 4. The summed E-state index contributed by atoms with van der Waals surface area (Å²) in [6.07, 6.45) is 0. The van der Waals surface area contributed by atoms with Crippen LogP contribution in [-0.4, -0.2) is 49.1 Å². The van der Waals surface area contributed by atoms with E-state index in [-0.39, 0.29) is 115 Å². The quantitative estimate of drug-likeness (QED) is 0.0887. The van der Waals surface area contributed by atoms with Crippen molar-refractivity contribution in [3.8, 4) is 11.1 Å². The fraction of sp³-hybridized carbons (Fsp3) is 0. The first kappa shape index (κ1) is 42.6. The second kappa shape index (κ2) is 15.6. The number of rotatable bonds is 7. The van der Waals surface area contributed by atoms with E-state index in [4.69, 9.17) is 11.5 Å². The summed E-state index contributed by atoms with van der Waals surface area (Å²) in [5.74, 6) is -2.58. The van der Waals surface area contributed by atoms with Crippen molar-refractivity contribution in [3.05, 3.63) is 154 Å². The van der Waals surface area contributed by atoms with E-state index in [0.29, 0.717) is 22.5 Å². The fourth-order valence-electron chi connectivity index (χ4n) is 7.00. The molecule has 18 heteroatoms. The van der Waals surface area contributed by atoms with Crippen LogP contribution in [0, 0.1) is 0 Å². The maximum absolute atomic E-state index is 13.6. The molecule has 0 aliphatic heterocycles. The van der Waals surface area contributed by atoms with Crippen LogP contribution in [0.2, 0.25) is 0 Å². The van der Waals surface area contributed by atoms with Crippen LogP contribution in [0.3, 0.4) is 0 Å². The molecule has 8 rings (SSSR count). The maximum atomic E-state index is 13.6. The van der Waals surface area contributed by atoms with Gasteiger partial charge in [-0.15, -0.1) is 0 Å². The molecule has 2 aliphatic carbocycles. The molecule has 6 N–H and O–H groups in total. The van der Waals surface area contributed by atoms with Crippen molar-refractivity contribution < 1.29 is 104 Å². The van der Waals surface area contributed by atoms with Crippen LogP contribution in [0.1, 0.15) is 63.7 Å². The van der Waals surface area contributed by atoms with Crippen molar-refractivity contribution >= 4 is 77.5 Å². The molecule has 6 aromatic carbocycles. The van der Waals surface area contributed by atoms with Crippen LogP contribution in [0.25, 0.3) is 11.1 Å². The van der Waals surface area contributed by atoms with Gasteiger partial charge in [-0.25, -0.2) is 16.8 Å².